The molecule has 3 rings (SSSR count). The summed E-state index contributed by atoms with van der Waals surface area (Å²) >= 11 is 0. The van der Waals surface area contributed by atoms with E-state index in [0.29, 0.717) is 23.8 Å². The molecule has 0 aliphatic heterocycles. The first-order chi connectivity index (χ1) is 10.2. The molecule has 1 fully saturated rings. The van der Waals surface area contributed by atoms with Gasteiger partial charge in [0.15, 0.2) is 0 Å². The van der Waals surface area contributed by atoms with Gasteiger partial charge in [-0.05, 0) is 30.7 Å². The molecule has 0 bridgehead atoms. The molecule has 2 aromatic heterocycles. The summed E-state index contributed by atoms with van der Waals surface area (Å²) < 4.78 is 1.57. The van der Waals surface area contributed by atoms with Gasteiger partial charge in [0.25, 0.3) is 5.95 Å². The number of rotatable bonds is 5. The predicted octanol–water partition coefficient (Wildman–Crippen LogP) is 1.19. The molecule has 0 amide bonds. The van der Waals surface area contributed by atoms with Gasteiger partial charge in [0.05, 0.1) is 0 Å². The van der Waals surface area contributed by atoms with E-state index in [-0.39, 0.29) is 0 Å². The van der Waals surface area contributed by atoms with E-state index < -0.39 is 0 Å². The van der Waals surface area contributed by atoms with Crippen molar-refractivity contribution in [3.63, 3.8) is 0 Å². The molecule has 2 aromatic rings. The Labute approximate surface area is 123 Å². The molecular formula is C13H20N8. The van der Waals surface area contributed by atoms with Crippen LogP contribution in [0.25, 0.3) is 5.95 Å². The molecule has 2 unspecified atom stereocenters. The number of hydrogen-bond acceptors (Lipinski definition) is 7. The normalized spacial score (nSPS) is 21.4. The van der Waals surface area contributed by atoms with Crippen LogP contribution < -0.4 is 16.6 Å². The summed E-state index contributed by atoms with van der Waals surface area (Å²) in [5.41, 5.74) is 2.46. The molecule has 112 valence electrons. The van der Waals surface area contributed by atoms with Crippen molar-refractivity contribution in [1.82, 2.24) is 24.7 Å². The molecule has 0 saturated heterocycles. The third-order valence-corrected chi connectivity index (χ3v) is 3.81. The van der Waals surface area contributed by atoms with Gasteiger partial charge in [-0.2, -0.15) is 20.1 Å². The van der Waals surface area contributed by atoms with Crippen molar-refractivity contribution in [3.8, 4) is 5.95 Å². The van der Waals surface area contributed by atoms with E-state index in [9.17, 15) is 0 Å². The highest BCUT2D eigenvalue weighted by molar-refractivity contribution is 5.36. The minimum absolute atomic E-state index is 0.317. The SMILES string of the molecule is CC1CCC(CNc2nc(NN)nc(-n3cccn3)n2)C1. The maximum absolute atomic E-state index is 5.42. The molecule has 2 atom stereocenters. The third kappa shape index (κ3) is 3.27. The average Bonchev–Trinajstić information content (AvgIpc) is 3.16. The second-order valence-corrected chi connectivity index (χ2v) is 5.54. The lowest BCUT2D eigenvalue weighted by Crippen LogP contribution is -2.18. The fourth-order valence-electron chi connectivity index (χ4n) is 2.74. The quantitative estimate of drug-likeness (QED) is 0.560. The lowest BCUT2D eigenvalue weighted by molar-refractivity contribution is 0.535. The molecule has 8 nitrogen and oxygen atoms in total. The third-order valence-electron chi connectivity index (χ3n) is 3.81. The van der Waals surface area contributed by atoms with Gasteiger partial charge in [-0.1, -0.05) is 13.3 Å². The first-order valence-corrected chi connectivity index (χ1v) is 7.21. The Kier molecular flexibility index (Phi) is 3.96. The Morgan fingerprint density at radius 1 is 1.29 bits per heavy atom. The van der Waals surface area contributed by atoms with Crippen LogP contribution in [0.2, 0.25) is 0 Å². The van der Waals surface area contributed by atoms with Crippen molar-refractivity contribution in [3.05, 3.63) is 18.5 Å². The number of hydrazine groups is 1. The molecule has 1 aliphatic carbocycles. The summed E-state index contributed by atoms with van der Waals surface area (Å²) in [6.45, 7) is 3.17. The van der Waals surface area contributed by atoms with Crippen LogP contribution in [0.3, 0.4) is 0 Å². The number of nitrogens with zero attached hydrogens (tertiary/aromatic N) is 5. The Morgan fingerprint density at radius 2 is 2.14 bits per heavy atom. The minimum Gasteiger partial charge on any atom is -0.354 e. The lowest BCUT2D eigenvalue weighted by Gasteiger charge is -2.12. The van der Waals surface area contributed by atoms with Gasteiger partial charge in [0, 0.05) is 18.9 Å². The van der Waals surface area contributed by atoms with Crippen LogP contribution >= 0.6 is 0 Å². The highest BCUT2D eigenvalue weighted by atomic mass is 15.4. The second kappa shape index (κ2) is 6.04. The summed E-state index contributed by atoms with van der Waals surface area (Å²) in [4.78, 5) is 12.8. The molecule has 2 heterocycles. The van der Waals surface area contributed by atoms with Gasteiger partial charge in [0.1, 0.15) is 0 Å². The van der Waals surface area contributed by atoms with Crippen molar-refractivity contribution in [2.24, 2.45) is 17.7 Å². The molecule has 0 spiro atoms. The summed E-state index contributed by atoms with van der Waals surface area (Å²) in [5.74, 6) is 8.18. The van der Waals surface area contributed by atoms with Crippen LogP contribution in [0.5, 0.6) is 0 Å². The Hall–Kier alpha value is -2.22. The standard InChI is InChI=1S/C13H20N8/c1-9-3-4-10(7-9)8-15-11-17-12(20-14)19-13(18-11)21-6-2-5-16-21/h2,5-6,9-10H,3-4,7-8,14H2,1H3,(H2,15,17,18,19,20). The molecule has 21 heavy (non-hydrogen) atoms. The van der Waals surface area contributed by atoms with Crippen molar-refractivity contribution >= 4 is 11.9 Å². The van der Waals surface area contributed by atoms with E-state index in [1.54, 1.807) is 17.1 Å². The zero-order valence-electron chi connectivity index (χ0n) is 12.0. The first kappa shape index (κ1) is 13.7. The van der Waals surface area contributed by atoms with Crippen molar-refractivity contribution < 1.29 is 0 Å². The molecular weight excluding hydrogens is 268 g/mol. The van der Waals surface area contributed by atoms with E-state index in [4.69, 9.17) is 5.84 Å². The van der Waals surface area contributed by atoms with Crippen molar-refractivity contribution in [2.75, 3.05) is 17.3 Å². The second-order valence-electron chi connectivity index (χ2n) is 5.54. The van der Waals surface area contributed by atoms with Gasteiger partial charge < -0.3 is 5.32 Å². The van der Waals surface area contributed by atoms with Crippen molar-refractivity contribution in [2.45, 2.75) is 26.2 Å². The monoisotopic (exact) mass is 288 g/mol. The van der Waals surface area contributed by atoms with Gasteiger partial charge in [-0.25, -0.2) is 10.5 Å². The van der Waals surface area contributed by atoms with Gasteiger partial charge in [0.2, 0.25) is 11.9 Å². The van der Waals surface area contributed by atoms with E-state index >= 15 is 0 Å². The van der Waals surface area contributed by atoms with Crippen LogP contribution in [0.1, 0.15) is 26.2 Å². The molecule has 0 aromatic carbocycles. The minimum atomic E-state index is 0.317. The number of hydrogen-bond donors (Lipinski definition) is 3. The Morgan fingerprint density at radius 3 is 2.81 bits per heavy atom. The largest absolute Gasteiger partial charge is 0.354 e. The lowest BCUT2D eigenvalue weighted by atomic mass is 10.1. The molecule has 1 saturated carbocycles. The maximum Gasteiger partial charge on any atom is 0.257 e. The predicted molar refractivity (Wildman–Crippen MR) is 79.8 cm³/mol. The topological polar surface area (TPSA) is 107 Å². The number of nitrogens with two attached hydrogens (primary N) is 1. The maximum atomic E-state index is 5.42. The Bertz CT molecular complexity index is 582. The summed E-state index contributed by atoms with van der Waals surface area (Å²) in [6, 6.07) is 1.81. The number of nitrogens with one attached hydrogen (secondary N) is 2. The van der Waals surface area contributed by atoms with Gasteiger partial charge in [-0.3, -0.25) is 5.43 Å². The Balaban J connectivity index is 1.73. The molecule has 0 radical (unpaired) electrons. The van der Waals surface area contributed by atoms with Crippen LogP contribution in [-0.4, -0.2) is 31.3 Å². The van der Waals surface area contributed by atoms with Gasteiger partial charge in [-0.15, -0.1) is 0 Å². The van der Waals surface area contributed by atoms with Crippen LogP contribution in [0, 0.1) is 11.8 Å². The molecule has 1 aliphatic rings. The van der Waals surface area contributed by atoms with E-state index in [1.165, 1.54) is 19.3 Å². The highest BCUT2D eigenvalue weighted by Gasteiger charge is 2.21. The molecule has 8 heteroatoms. The number of aromatic nitrogens is 5. The fourth-order valence-corrected chi connectivity index (χ4v) is 2.74. The van der Waals surface area contributed by atoms with Crippen LogP contribution in [-0.2, 0) is 0 Å². The number of anilines is 2. The van der Waals surface area contributed by atoms with Crippen LogP contribution in [0.4, 0.5) is 11.9 Å². The molecule has 4 N–H and O–H groups in total. The summed E-state index contributed by atoms with van der Waals surface area (Å²) in [5, 5.41) is 7.40. The summed E-state index contributed by atoms with van der Waals surface area (Å²) in [7, 11) is 0. The smallest absolute Gasteiger partial charge is 0.257 e. The number of nitrogen functional groups attached to an aromatic ring is 1. The average molecular weight is 288 g/mol. The fraction of sp³-hybridized carbons (Fsp3) is 0.538. The van der Waals surface area contributed by atoms with E-state index in [1.807, 2.05) is 6.07 Å². The first-order valence-electron chi connectivity index (χ1n) is 7.21. The van der Waals surface area contributed by atoms with Gasteiger partial charge >= 0.3 is 0 Å². The van der Waals surface area contributed by atoms with E-state index in [0.717, 1.165) is 12.5 Å². The van der Waals surface area contributed by atoms with E-state index in [2.05, 4.69) is 37.7 Å². The highest BCUT2D eigenvalue weighted by Crippen LogP contribution is 2.30. The van der Waals surface area contributed by atoms with Crippen molar-refractivity contribution in [1.29, 1.82) is 0 Å². The zero-order chi connectivity index (χ0) is 14.7. The zero-order valence-corrected chi connectivity index (χ0v) is 12.0. The summed E-state index contributed by atoms with van der Waals surface area (Å²) in [6.07, 6.45) is 7.27. The van der Waals surface area contributed by atoms with Crippen LogP contribution in [0.15, 0.2) is 18.5 Å².